The first-order chi connectivity index (χ1) is 5.99. The Morgan fingerprint density at radius 1 is 1.62 bits per heavy atom. The quantitative estimate of drug-likeness (QED) is 0.322. The maximum Gasteiger partial charge on any atom is 0.404 e. The predicted octanol–water partition coefficient (Wildman–Crippen LogP) is 0.880. The summed E-state index contributed by atoms with van der Waals surface area (Å²) in [6, 6.07) is 1.75. The Morgan fingerprint density at radius 2 is 2.00 bits per heavy atom. The van der Waals surface area contributed by atoms with Crippen LogP contribution in [0.25, 0.3) is 0 Å². The van der Waals surface area contributed by atoms with Crippen molar-refractivity contribution in [2.75, 3.05) is 7.05 Å². The van der Waals surface area contributed by atoms with Crippen LogP contribution in [-0.2, 0) is 0 Å². The fraction of sp³-hybridized carbons (Fsp3) is 0.571. The van der Waals surface area contributed by atoms with Gasteiger partial charge in [-0.1, -0.05) is 19.0 Å². The van der Waals surface area contributed by atoms with Crippen LogP contribution < -0.4 is 5.32 Å². The minimum atomic E-state index is -0.995. The van der Waals surface area contributed by atoms with Gasteiger partial charge in [0.1, 0.15) is 6.07 Å². The molecule has 0 aromatic heterocycles. The number of oxime groups is 1. The summed E-state index contributed by atoms with van der Waals surface area (Å²) < 4.78 is 0. The van der Waals surface area contributed by atoms with Gasteiger partial charge in [0.2, 0.25) is 0 Å². The first kappa shape index (κ1) is 13.8. The topological polar surface area (TPSA) is 106 Å². The van der Waals surface area contributed by atoms with Crippen LogP contribution in [0.15, 0.2) is 5.16 Å². The molecule has 0 unspecified atom stereocenters. The lowest BCUT2D eigenvalue weighted by Crippen LogP contribution is -2.13. The van der Waals surface area contributed by atoms with Gasteiger partial charge in [-0.25, -0.2) is 4.79 Å². The molecule has 74 valence electrons. The first-order valence-corrected chi connectivity index (χ1v) is 3.52. The van der Waals surface area contributed by atoms with Gasteiger partial charge in [-0.15, -0.1) is 0 Å². The average Bonchev–Trinajstić information content (AvgIpc) is 2.07. The number of rotatable bonds is 1. The minimum absolute atomic E-state index is 0.0185. The second-order valence-corrected chi connectivity index (χ2v) is 2.31. The van der Waals surface area contributed by atoms with Gasteiger partial charge in [0.05, 0.1) is 0 Å². The molecule has 0 rings (SSSR count). The molecule has 0 atom stereocenters. The lowest BCUT2D eigenvalue weighted by atomic mass is 10.1. The summed E-state index contributed by atoms with van der Waals surface area (Å²) in [6.45, 7) is 3.58. The monoisotopic (exact) mass is 187 g/mol. The third-order valence-corrected chi connectivity index (χ3v) is 0.983. The third kappa shape index (κ3) is 10.2. The molecule has 6 heteroatoms. The summed E-state index contributed by atoms with van der Waals surface area (Å²) in [7, 11) is 1.35. The maximum atomic E-state index is 9.26. The van der Waals surface area contributed by atoms with Crippen molar-refractivity contribution in [2.24, 2.45) is 11.1 Å². The fourth-order valence-electron chi connectivity index (χ4n) is 0.267. The van der Waals surface area contributed by atoms with E-state index in [0.717, 1.165) is 0 Å². The van der Waals surface area contributed by atoms with E-state index < -0.39 is 6.09 Å². The van der Waals surface area contributed by atoms with Crippen molar-refractivity contribution in [3.63, 3.8) is 0 Å². The average molecular weight is 187 g/mol. The van der Waals surface area contributed by atoms with Gasteiger partial charge in [0.25, 0.3) is 0 Å². The molecule has 0 spiro atoms. The van der Waals surface area contributed by atoms with Gasteiger partial charge in [-0.2, -0.15) is 5.26 Å². The van der Waals surface area contributed by atoms with E-state index in [-0.39, 0.29) is 11.6 Å². The van der Waals surface area contributed by atoms with Crippen LogP contribution >= 0.6 is 0 Å². The molecule has 6 nitrogen and oxygen atoms in total. The first-order valence-electron chi connectivity index (χ1n) is 3.52. The van der Waals surface area contributed by atoms with Crippen molar-refractivity contribution in [1.82, 2.24) is 5.32 Å². The SMILES string of the molecule is CC(C)C(C#N)=NO.CNC(=O)O. The molecule has 1 amide bonds. The van der Waals surface area contributed by atoms with Crippen LogP contribution in [0.5, 0.6) is 0 Å². The third-order valence-electron chi connectivity index (χ3n) is 0.983. The molecule has 0 saturated carbocycles. The standard InChI is InChI=1S/C5H8N2O.C2H5NO2/c1-4(2)5(3-6)7-8;1-3-2(4)5/h4,8H,1-2H3;3H,1H3,(H,4,5). The van der Waals surface area contributed by atoms with E-state index in [1.165, 1.54) is 7.05 Å². The molecule has 0 fully saturated rings. The van der Waals surface area contributed by atoms with Gasteiger partial charge < -0.3 is 15.6 Å². The van der Waals surface area contributed by atoms with Crippen molar-refractivity contribution >= 4 is 11.8 Å². The van der Waals surface area contributed by atoms with Crippen LogP contribution in [0.3, 0.4) is 0 Å². The molecule has 0 aromatic rings. The van der Waals surface area contributed by atoms with Crippen LogP contribution in [0.4, 0.5) is 4.79 Å². The van der Waals surface area contributed by atoms with Crippen LogP contribution in [0, 0.1) is 17.2 Å². The molecule has 0 aromatic carbocycles. The molecule has 13 heavy (non-hydrogen) atoms. The van der Waals surface area contributed by atoms with Gasteiger partial charge in [0.15, 0.2) is 5.71 Å². The predicted molar refractivity (Wildman–Crippen MR) is 46.8 cm³/mol. The number of hydrogen-bond donors (Lipinski definition) is 3. The van der Waals surface area contributed by atoms with E-state index in [9.17, 15) is 4.79 Å². The van der Waals surface area contributed by atoms with Gasteiger partial charge >= 0.3 is 6.09 Å². The van der Waals surface area contributed by atoms with Crippen molar-refractivity contribution in [3.8, 4) is 6.07 Å². The summed E-state index contributed by atoms with van der Waals surface area (Å²) >= 11 is 0. The molecule has 3 N–H and O–H groups in total. The largest absolute Gasteiger partial charge is 0.465 e. The number of carboxylic acid groups (broad SMARTS) is 1. The Bertz CT molecular complexity index is 218. The Morgan fingerprint density at radius 3 is 2.00 bits per heavy atom. The van der Waals surface area contributed by atoms with Crippen LogP contribution in [0.1, 0.15) is 13.8 Å². The second-order valence-electron chi connectivity index (χ2n) is 2.31. The zero-order chi connectivity index (χ0) is 10.9. The number of nitriles is 1. The minimum Gasteiger partial charge on any atom is -0.465 e. The summed E-state index contributed by atoms with van der Waals surface area (Å²) in [5.74, 6) is 0.0185. The summed E-state index contributed by atoms with van der Waals surface area (Å²) in [5.41, 5.74) is 0.171. The number of carbonyl (C=O) groups is 1. The highest BCUT2D eigenvalue weighted by molar-refractivity contribution is 5.99. The molecule has 0 bridgehead atoms. The van der Waals surface area contributed by atoms with Crippen LogP contribution in [0.2, 0.25) is 0 Å². The molecular formula is C7H13N3O3. The van der Waals surface area contributed by atoms with Crippen molar-refractivity contribution in [2.45, 2.75) is 13.8 Å². The van der Waals surface area contributed by atoms with E-state index in [1.54, 1.807) is 19.9 Å². The Balaban J connectivity index is 0. The second kappa shape index (κ2) is 8.33. The molecule has 0 heterocycles. The molecule has 0 radical (unpaired) electrons. The highest BCUT2D eigenvalue weighted by Crippen LogP contribution is 1.93. The highest BCUT2D eigenvalue weighted by atomic mass is 16.4. The van der Waals surface area contributed by atoms with Crippen molar-refractivity contribution in [3.05, 3.63) is 0 Å². The highest BCUT2D eigenvalue weighted by Gasteiger charge is 2.01. The van der Waals surface area contributed by atoms with Crippen LogP contribution in [-0.4, -0.2) is 29.2 Å². The molecule has 0 aliphatic heterocycles. The molecule has 0 saturated heterocycles. The van der Waals surface area contributed by atoms with E-state index in [2.05, 4.69) is 5.16 Å². The zero-order valence-corrected chi connectivity index (χ0v) is 7.77. The van der Waals surface area contributed by atoms with Crippen molar-refractivity contribution < 1.29 is 15.1 Å². The molecular weight excluding hydrogens is 174 g/mol. The summed E-state index contributed by atoms with van der Waals surface area (Å²) in [5, 5.41) is 28.5. The smallest absolute Gasteiger partial charge is 0.404 e. The Labute approximate surface area is 76.5 Å². The van der Waals surface area contributed by atoms with E-state index in [1.807, 2.05) is 5.32 Å². The maximum absolute atomic E-state index is 9.26. The number of amides is 1. The fourth-order valence-corrected chi connectivity index (χ4v) is 0.267. The van der Waals surface area contributed by atoms with E-state index in [4.69, 9.17) is 15.6 Å². The van der Waals surface area contributed by atoms with Gasteiger partial charge in [0, 0.05) is 13.0 Å². The van der Waals surface area contributed by atoms with E-state index >= 15 is 0 Å². The molecule has 0 aliphatic carbocycles. The number of nitrogens with zero attached hydrogens (tertiary/aromatic N) is 2. The summed E-state index contributed by atoms with van der Waals surface area (Å²) in [4.78, 5) is 9.26. The van der Waals surface area contributed by atoms with Gasteiger partial charge in [-0.3, -0.25) is 0 Å². The van der Waals surface area contributed by atoms with Gasteiger partial charge in [-0.05, 0) is 0 Å². The summed E-state index contributed by atoms with van der Waals surface area (Å²) in [6.07, 6.45) is -0.995. The lowest BCUT2D eigenvalue weighted by Gasteiger charge is -1.93. The van der Waals surface area contributed by atoms with Crippen molar-refractivity contribution in [1.29, 1.82) is 5.26 Å². The Kier molecular flexibility index (Phi) is 8.84. The molecule has 0 aliphatic rings. The number of hydrogen-bond acceptors (Lipinski definition) is 4. The normalized spacial score (nSPS) is 9.62. The number of nitrogens with one attached hydrogen (secondary N) is 1. The lowest BCUT2D eigenvalue weighted by molar-refractivity contribution is 0.197. The Hall–Kier alpha value is -1.77. The zero-order valence-electron chi connectivity index (χ0n) is 7.77. The van der Waals surface area contributed by atoms with E-state index in [0.29, 0.717) is 0 Å².